The van der Waals surface area contributed by atoms with E-state index in [0.29, 0.717) is 12.1 Å². The first-order valence-electron chi connectivity index (χ1n) is 5.40. The maximum Gasteiger partial charge on any atom is 0.433 e. The molecule has 2 aromatic rings. The van der Waals surface area contributed by atoms with Gasteiger partial charge in [0.25, 0.3) is 0 Å². The van der Waals surface area contributed by atoms with E-state index >= 15 is 0 Å². The second-order valence-electron chi connectivity index (χ2n) is 4.17. The number of anilines is 1. The number of alkyl halides is 6. The number of benzene rings is 1. The molecular weight excluding hydrogens is 359 g/mol. The quantitative estimate of drug-likeness (QED) is 0.700. The fraction of sp³-hybridized carbons (Fsp3) is 0.182. The van der Waals surface area contributed by atoms with Crippen molar-refractivity contribution in [3.63, 3.8) is 0 Å². The molecule has 1 aromatic heterocycles. The van der Waals surface area contributed by atoms with E-state index in [1.165, 1.54) is 0 Å². The maximum absolute atomic E-state index is 12.9. The average Bonchev–Trinajstić information content (AvgIpc) is 2.69. The third-order valence-electron chi connectivity index (χ3n) is 2.70. The SMILES string of the molecule is Nc1n[nH]c(C(F)(F)F)c1-c1c(Cl)cc(C(F)(F)F)cc1Cl. The summed E-state index contributed by atoms with van der Waals surface area (Å²) in [5, 5.41) is 3.63. The van der Waals surface area contributed by atoms with E-state index in [1.54, 1.807) is 5.10 Å². The highest BCUT2D eigenvalue weighted by Gasteiger charge is 2.39. The molecular formula is C11H5Cl2F6N3. The Morgan fingerprint density at radius 2 is 1.41 bits per heavy atom. The minimum atomic E-state index is -4.87. The summed E-state index contributed by atoms with van der Waals surface area (Å²) in [5.74, 6) is -0.587. The van der Waals surface area contributed by atoms with Gasteiger partial charge < -0.3 is 5.73 Å². The molecule has 22 heavy (non-hydrogen) atoms. The Bertz CT molecular complexity index is 697. The van der Waals surface area contributed by atoms with Crippen LogP contribution in [0.5, 0.6) is 0 Å². The van der Waals surface area contributed by atoms with Gasteiger partial charge in [-0.2, -0.15) is 31.4 Å². The summed E-state index contributed by atoms with van der Waals surface area (Å²) in [6, 6.07) is 0.935. The summed E-state index contributed by atoms with van der Waals surface area (Å²) in [6.07, 6.45) is -9.62. The van der Waals surface area contributed by atoms with Gasteiger partial charge in [0.15, 0.2) is 5.82 Å². The minimum absolute atomic E-state index is 0.468. The van der Waals surface area contributed by atoms with Crippen LogP contribution in [0.25, 0.3) is 11.1 Å². The van der Waals surface area contributed by atoms with E-state index in [9.17, 15) is 26.3 Å². The number of aromatic amines is 1. The standard InChI is InChI=1S/C11H5Cl2F6N3/c12-4-1-3(10(14,15)16)2-5(13)6(4)7-8(11(17,18)19)21-22-9(7)20/h1-2H,(H3,20,21,22). The number of hydrogen-bond donors (Lipinski definition) is 2. The lowest BCUT2D eigenvalue weighted by Crippen LogP contribution is -2.09. The van der Waals surface area contributed by atoms with Gasteiger partial charge in [-0.25, -0.2) is 0 Å². The smallest absolute Gasteiger partial charge is 0.382 e. The molecule has 1 heterocycles. The van der Waals surface area contributed by atoms with E-state index in [-0.39, 0.29) is 0 Å². The van der Waals surface area contributed by atoms with Crippen molar-refractivity contribution in [2.45, 2.75) is 12.4 Å². The van der Waals surface area contributed by atoms with E-state index < -0.39 is 50.6 Å². The number of H-pyrrole nitrogens is 1. The Labute approximate surface area is 129 Å². The zero-order valence-corrected chi connectivity index (χ0v) is 11.7. The summed E-state index contributed by atoms with van der Waals surface area (Å²) in [4.78, 5) is 0. The molecule has 0 amide bonds. The molecule has 0 radical (unpaired) electrons. The van der Waals surface area contributed by atoms with Crippen LogP contribution in [0.1, 0.15) is 11.3 Å². The lowest BCUT2D eigenvalue weighted by atomic mass is 10.0. The lowest BCUT2D eigenvalue weighted by Gasteiger charge is -2.14. The average molecular weight is 364 g/mol. The van der Waals surface area contributed by atoms with Crippen molar-refractivity contribution in [3.05, 3.63) is 33.4 Å². The highest BCUT2D eigenvalue weighted by molar-refractivity contribution is 6.39. The Balaban J connectivity index is 2.73. The fourth-order valence-electron chi connectivity index (χ4n) is 1.79. The molecule has 3 N–H and O–H groups in total. The van der Waals surface area contributed by atoms with Gasteiger partial charge in [-0.15, -0.1) is 0 Å². The normalized spacial score (nSPS) is 12.7. The zero-order valence-electron chi connectivity index (χ0n) is 10.2. The summed E-state index contributed by atoms with van der Waals surface area (Å²) in [6.45, 7) is 0. The number of rotatable bonds is 1. The molecule has 0 bridgehead atoms. The highest BCUT2D eigenvalue weighted by atomic mass is 35.5. The molecule has 0 fully saturated rings. The Morgan fingerprint density at radius 3 is 1.82 bits per heavy atom. The van der Waals surface area contributed by atoms with Gasteiger partial charge in [0, 0.05) is 5.56 Å². The molecule has 0 aliphatic carbocycles. The molecule has 120 valence electrons. The summed E-state index contributed by atoms with van der Waals surface area (Å²) >= 11 is 11.4. The van der Waals surface area contributed by atoms with Crippen molar-refractivity contribution in [1.29, 1.82) is 0 Å². The third kappa shape index (κ3) is 2.95. The third-order valence-corrected chi connectivity index (χ3v) is 3.29. The second kappa shape index (κ2) is 5.24. The van der Waals surface area contributed by atoms with E-state index in [4.69, 9.17) is 28.9 Å². The predicted octanol–water partition coefficient (Wildman–Crippen LogP) is 5.00. The Hall–Kier alpha value is -1.61. The van der Waals surface area contributed by atoms with Gasteiger partial charge in [0.05, 0.1) is 21.2 Å². The van der Waals surface area contributed by atoms with Crippen LogP contribution in [0.2, 0.25) is 10.0 Å². The molecule has 0 atom stereocenters. The van der Waals surface area contributed by atoms with Gasteiger partial charge in [-0.05, 0) is 12.1 Å². The van der Waals surface area contributed by atoms with Gasteiger partial charge >= 0.3 is 12.4 Å². The predicted molar refractivity (Wildman–Crippen MR) is 68.5 cm³/mol. The van der Waals surface area contributed by atoms with Crippen LogP contribution in [0.15, 0.2) is 12.1 Å². The molecule has 0 aliphatic rings. The summed E-state index contributed by atoms with van der Waals surface area (Å²) in [5.41, 5.74) is 1.63. The molecule has 0 saturated carbocycles. The van der Waals surface area contributed by atoms with Crippen molar-refractivity contribution in [2.75, 3.05) is 5.73 Å². The van der Waals surface area contributed by atoms with Crippen LogP contribution in [-0.2, 0) is 12.4 Å². The molecule has 1 aromatic carbocycles. The largest absolute Gasteiger partial charge is 0.433 e. The van der Waals surface area contributed by atoms with Crippen LogP contribution in [0, 0.1) is 0 Å². The molecule has 0 spiro atoms. The van der Waals surface area contributed by atoms with Crippen molar-refractivity contribution < 1.29 is 26.3 Å². The first-order valence-corrected chi connectivity index (χ1v) is 6.16. The van der Waals surface area contributed by atoms with Crippen LogP contribution in [0.4, 0.5) is 32.2 Å². The van der Waals surface area contributed by atoms with Crippen molar-refractivity contribution >= 4 is 29.0 Å². The molecule has 11 heteroatoms. The number of nitrogens with zero attached hydrogens (tertiary/aromatic N) is 1. The van der Waals surface area contributed by atoms with E-state index in [2.05, 4.69) is 5.10 Å². The van der Waals surface area contributed by atoms with Gasteiger partial charge in [-0.1, -0.05) is 23.2 Å². The lowest BCUT2D eigenvalue weighted by molar-refractivity contribution is -0.140. The Kier molecular flexibility index (Phi) is 3.99. The number of halogens is 8. The number of hydrogen-bond acceptors (Lipinski definition) is 2. The van der Waals surface area contributed by atoms with Crippen LogP contribution in [-0.4, -0.2) is 10.2 Å². The first kappa shape index (κ1) is 16.8. The minimum Gasteiger partial charge on any atom is -0.382 e. The van der Waals surface area contributed by atoms with Gasteiger partial charge in [0.2, 0.25) is 0 Å². The monoisotopic (exact) mass is 363 g/mol. The van der Waals surface area contributed by atoms with Gasteiger partial charge in [-0.3, -0.25) is 5.10 Å². The van der Waals surface area contributed by atoms with Crippen molar-refractivity contribution in [1.82, 2.24) is 10.2 Å². The second-order valence-corrected chi connectivity index (χ2v) is 4.98. The molecule has 2 rings (SSSR count). The van der Waals surface area contributed by atoms with Gasteiger partial charge in [0.1, 0.15) is 5.69 Å². The first-order chi connectivity index (χ1) is 9.93. The van der Waals surface area contributed by atoms with Crippen molar-refractivity contribution in [3.8, 4) is 11.1 Å². The molecule has 0 aliphatic heterocycles. The number of aromatic nitrogens is 2. The van der Waals surface area contributed by atoms with E-state index in [0.717, 1.165) is 0 Å². The number of nitrogens with two attached hydrogens (primary N) is 1. The summed E-state index contributed by atoms with van der Waals surface area (Å²) < 4.78 is 76.5. The van der Waals surface area contributed by atoms with Crippen LogP contribution < -0.4 is 5.73 Å². The van der Waals surface area contributed by atoms with E-state index in [1.807, 2.05) is 0 Å². The Morgan fingerprint density at radius 1 is 0.909 bits per heavy atom. The fourth-order valence-corrected chi connectivity index (χ4v) is 2.47. The molecule has 0 unspecified atom stereocenters. The van der Waals surface area contributed by atoms with Crippen LogP contribution >= 0.6 is 23.2 Å². The van der Waals surface area contributed by atoms with Crippen molar-refractivity contribution in [2.24, 2.45) is 0 Å². The maximum atomic E-state index is 12.9. The molecule has 0 saturated heterocycles. The topological polar surface area (TPSA) is 54.7 Å². The van der Waals surface area contributed by atoms with Crippen LogP contribution in [0.3, 0.4) is 0 Å². The zero-order chi connectivity index (χ0) is 16.9. The number of nitrogen functional groups attached to an aromatic ring is 1. The highest BCUT2D eigenvalue weighted by Crippen LogP contribution is 2.46. The summed E-state index contributed by atoms with van der Waals surface area (Å²) in [7, 11) is 0. The molecule has 3 nitrogen and oxygen atoms in total. The number of nitrogens with one attached hydrogen (secondary N) is 1.